The fourth-order valence-corrected chi connectivity index (χ4v) is 3.10. The van der Waals surface area contributed by atoms with Crippen LogP contribution in [0, 0.1) is 6.92 Å². The fraction of sp³-hybridized carbons (Fsp3) is 0.333. The van der Waals surface area contributed by atoms with Crippen molar-refractivity contribution in [3.8, 4) is 11.5 Å². The predicted octanol–water partition coefficient (Wildman–Crippen LogP) is 1.91. The molecular weight excluding hydrogens is 324 g/mol. The van der Waals surface area contributed by atoms with Crippen molar-refractivity contribution in [1.29, 1.82) is 0 Å². The lowest BCUT2D eigenvalue weighted by Gasteiger charge is -2.34. The van der Waals surface area contributed by atoms with Gasteiger partial charge in [-0.25, -0.2) is 0 Å². The number of hydrogen-bond donors (Lipinski definition) is 0. The standard InChI is InChI=1S/C18H18N2O5/c1-12-14(4-9-23-12)18(22)20-7-5-19(6-8-20)17(21)13-2-3-15-16(10-13)25-11-24-15/h2-4,9-10H,5-8,11H2,1H3. The first-order valence-corrected chi connectivity index (χ1v) is 8.16. The van der Waals surface area contributed by atoms with E-state index in [1.807, 2.05) is 0 Å². The van der Waals surface area contributed by atoms with Crippen LogP contribution < -0.4 is 9.47 Å². The summed E-state index contributed by atoms with van der Waals surface area (Å²) >= 11 is 0. The molecule has 0 atom stereocenters. The third-order valence-corrected chi connectivity index (χ3v) is 4.56. The summed E-state index contributed by atoms with van der Waals surface area (Å²) in [5.74, 6) is 1.74. The molecule has 4 rings (SSSR count). The number of rotatable bonds is 2. The molecule has 0 saturated carbocycles. The molecule has 1 fully saturated rings. The van der Waals surface area contributed by atoms with Gasteiger partial charge < -0.3 is 23.7 Å². The van der Waals surface area contributed by atoms with E-state index in [0.717, 1.165) is 0 Å². The van der Waals surface area contributed by atoms with Crippen LogP contribution in [0.5, 0.6) is 11.5 Å². The van der Waals surface area contributed by atoms with E-state index >= 15 is 0 Å². The van der Waals surface area contributed by atoms with Crippen LogP contribution in [0.25, 0.3) is 0 Å². The number of piperazine rings is 1. The molecule has 0 bridgehead atoms. The van der Waals surface area contributed by atoms with Crippen LogP contribution in [-0.4, -0.2) is 54.6 Å². The summed E-state index contributed by atoms with van der Waals surface area (Å²) < 4.78 is 15.8. The minimum absolute atomic E-state index is 0.0542. The van der Waals surface area contributed by atoms with Gasteiger partial charge in [0.15, 0.2) is 11.5 Å². The minimum Gasteiger partial charge on any atom is -0.469 e. The number of carbonyl (C=O) groups is 2. The Labute approximate surface area is 144 Å². The molecule has 25 heavy (non-hydrogen) atoms. The Morgan fingerprint density at radius 2 is 1.60 bits per heavy atom. The highest BCUT2D eigenvalue weighted by Gasteiger charge is 2.27. The van der Waals surface area contributed by atoms with Gasteiger partial charge in [0.25, 0.3) is 11.8 Å². The second kappa shape index (κ2) is 6.16. The first-order valence-electron chi connectivity index (χ1n) is 8.16. The van der Waals surface area contributed by atoms with E-state index in [4.69, 9.17) is 13.9 Å². The van der Waals surface area contributed by atoms with E-state index in [1.54, 1.807) is 41.0 Å². The normalized spacial score (nSPS) is 16.2. The van der Waals surface area contributed by atoms with E-state index in [-0.39, 0.29) is 18.6 Å². The second-order valence-electron chi connectivity index (χ2n) is 6.04. The van der Waals surface area contributed by atoms with Gasteiger partial charge in [0, 0.05) is 31.7 Å². The quantitative estimate of drug-likeness (QED) is 0.834. The van der Waals surface area contributed by atoms with Crippen LogP contribution >= 0.6 is 0 Å². The molecule has 2 aliphatic heterocycles. The van der Waals surface area contributed by atoms with Crippen LogP contribution in [0.4, 0.5) is 0 Å². The second-order valence-corrected chi connectivity index (χ2v) is 6.04. The molecule has 0 aliphatic carbocycles. The highest BCUT2D eigenvalue weighted by molar-refractivity contribution is 5.96. The number of benzene rings is 1. The first kappa shape index (κ1) is 15.6. The first-order chi connectivity index (χ1) is 12.1. The Morgan fingerprint density at radius 3 is 2.28 bits per heavy atom. The van der Waals surface area contributed by atoms with Crippen molar-refractivity contribution < 1.29 is 23.5 Å². The Morgan fingerprint density at radius 1 is 0.920 bits per heavy atom. The summed E-state index contributed by atoms with van der Waals surface area (Å²) in [6.07, 6.45) is 1.52. The molecular formula is C18H18N2O5. The lowest BCUT2D eigenvalue weighted by Crippen LogP contribution is -2.50. The maximum Gasteiger partial charge on any atom is 0.257 e. The maximum absolute atomic E-state index is 12.7. The molecule has 7 nitrogen and oxygen atoms in total. The van der Waals surface area contributed by atoms with E-state index < -0.39 is 0 Å². The van der Waals surface area contributed by atoms with Gasteiger partial charge in [-0.3, -0.25) is 9.59 Å². The molecule has 2 aromatic rings. The maximum atomic E-state index is 12.7. The van der Waals surface area contributed by atoms with Crippen molar-refractivity contribution in [2.24, 2.45) is 0 Å². The zero-order chi connectivity index (χ0) is 17.4. The molecule has 2 aliphatic rings. The molecule has 2 amide bonds. The Hall–Kier alpha value is -2.96. The summed E-state index contributed by atoms with van der Waals surface area (Å²) in [6.45, 7) is 3.94. The number of furan rings is 1. The highest BCUT2D eigenvalue weighted by Crippen LogP contribution is 2.32. The van der Waals surface area contributed by atoms with Crippen LogP contribution in [0.3, 0.4) is 0 Å². The highest BCUT2D eigenvalue weighted by atomic mass is 16.7. The van der Waals surface area contributed by atoms with Crippen LogP contribution in [0.2, 0.25) is 0 Å². The molecule has 1 aromatic carbocycles. The van der Waals surface area contributed by atoms with Crippen molar-refractivity contribution in [3.05, 3.63) is 47.4 Å². The topological polar surface area (TPSA) is 72.2 Å². The van der Waals surface area contributed by atoms with Crippen LogP contribution in [0.15, 0.2) is 34.9 Å². The summed E-state index contributed by atoms with van der Waals surface area (Å²) in [4.78, 5) is 28.7. The molecule has 3 heterocycles. The monoisotopic (exact) mass is 342 g/mol. The summed E-state index contributed by atoms with van der Waals surface area (Å²) in [5, 5.41) is 0. The number of carbonyl (C=O) groups excluding carboxylic acids is 2. The third-order valence-electron chi connectivity index (χ3n) is 4.56. The van der Waals surface area contributed by atoms with Gasteiger partial charge in [-0.15, -0.1) is 0 Å². The molecule has 0 unspecified atom stereocenters. The number of fused-ring (bicyclic) bond motifs is 1. The van der Waals surface area contributed by atoms with Crippen molar-refractivity contribution in [2.45, 2.75) is 6.92 Å². The molecule has 1 aromatic heterocycles. The van der Waals surface area contributed by atoms with Gasteiger partial charge in [-0.2, -0.15) is 0 Å². The van der Waals surface area contributed by atoms with E-state index in [1.165, 1.54) is 6.26 Å². The van der Waals surface area contributed by atoms with Gasteiger partial charge in [0.05, 0.1) is 11.8 Å². The summed E-state index contributed by atoms with van der Waals surface area (Å²) in [7, 11) is 0. The number of nitrogens with zero attached hydrogens (tertiary/aromatic N) is 2. The average molecular weight is 342 g/mol. The zero-order valence-corrected chi connectivity index (χ0v) is 13.9. The Balaban J connectivity index is 1.41. The van der Waals surface area contributed by atoms with E-state index in [2.05, 4.69) is 0 Å². The van der Waals surface area contributed by atoms with Gasteiger partial charge in [-0.1, -0.05) is 0 Å². The fourth-order valence-electron chi connectivity index (χ4n) is 3.10. The lowest BCUT2D eigenvalue weighted by molar-refractivity contribution is 0.0534. The molecule has 7 heteroatoms. The molecule has 0 radical (unpaired) electrons. The number of hydrogen-bond acceptors (Lipinski definition) is 5. The molecule has 0 N–H and O–H groups in total. The van der Waals surface area contributed by atoms with Crippen molar-refractivity contribution in [3.63, 3.8) is 0 Å². The van der Waals surface area contributed by atoms with Crippen molar-refractivity contribution in [1.82, 2.24) is 9.80 Å². The van der Waals surface area contributed by atoms with Gasteiger partial charge in [0.2, 0.25) is 6.79 Å². The number of aryl methyl sites for hydroxylation is 1. The van der Waals surface area contributed by atoms with E-state index in [0.29, 0.717) is 54.6 Å². The summed E-state index contributed by atoms with van der Waals surface area (Å²) in [5.41, 5.74) is 1.14. The predicted molar refractivity (Wildman–Crippen MR) is 87.8 cm³/mol. The third kappa shape index (κ3) is 2.82. The van der Waals surface area contributed by atoms with Crippen LogP contribution in [0.1, 0.15) is 26.5 Å². The van der Waals surface area contributed by atoms with Gasteiger partial charge in [-0.05, 0) is 31.2 Å². The Kier molecular flexibility index (Phi) is 3.83. The van der Waals surface area contributed by atoms with Crippen molar-refractivity contribution >= 4 is 11.8 Å². The summed E-state index contributed by atoms with van der Waals surface area (Å²) in [6, 6.07) is 6.87. The van der Waals surface area contributed by atoms with Crippen molar-refractivity contribution in [2.75, 3.05) is 33.0 Å². The lowest BCUT2D eigenvalue weighted by atomic mass is 10.1. The van der Waals surface area contributed by atoms with Gasteiger partial charge >= 0.3 is 0 Å². The zero-order valence-electron chi connectivity index (χ0n) is 13.9. The Bertz CT molecular complexity index is 821. The van der Waals surface area contributed by atoms with E-state index in [9.17, 15) is 9.59 Å². The average Bonchev–Trinajstić information content (AvgIpc) is 3.28. The largest absolute Gasteiger partial charge is 0.469 e. The number of amides is 2. The molecule has 0 spiro atoms. The van der Waals surface area contributed by atoms with Crippen LogP contribution in [-0.2, 0) is 0 Å². The SMILES string of the molecule is Cc1occc1C(=O)N1CCN(C(=O)c2ccc3c(c2)OCO3)CC1. The minimum atomic E-state index is -0.0649. The number of ether oxygens (including phenoxy) is 2. The van der Waals surface area contributed by atoms with Gasteiger partial charge in [0.1, 0.15) is 5.76 Å². The smallest absolute Gasteiger partial charge is 0.257 e. The molecule has 130 valence electrons. The molecule has 1 saturated heterocycles.